The maximum atomic E-state index is 5.78. The summed E-state index contributed by atoms with van der Waals surface area (Å²) in [5.41, 5.74) is 8.08. The van der Waals surface area contributed by atoms with Crippen LogP contribution in [0.1, 0.15) is 18.5 Å². The van der Waals surface area contributed by atoms with E-state index < -0.39 is 0 Å². The second-order valence-electron chi connectivity index (χ2n) is 3.38. The van der Waals surface area contributed by atoms with Gasteiger partial charge in [0.05, 0.1) is 11.7 Å². The number of aromatic nitrogens is 2. The molecule has 2 rings (SSSR count). The number of hydrogen-bond donors (Lipinski definition) is 1. The van der Waals surface area contributed by atoms with E-state index in [1.165, 1.54) is 0 Å². The van der Waals surface area contributed by atoms with Crippen LogP contribution in [0.5, 0.6) is 0 Å². The molecule has 13 heavy (non-hydrogen) atoms. The summed E-state index contributed by atoms with van der Waals surface area (Å²) >= 11 is 0. The average molecular weight is 175 g/mol. The molecule has 3 heteroatoms. The Balaban J connectivity index is 2.63. The number of benzene rings is 1. The van der Waals surface area contributed by atoms with Gasteiger partial charge in [0, 0.05) is 18.5 Å². The fourth-order valence-electron chi connectivity index (χ4n) is 1.47. The van der Waals surface area contributed by atoms with Gasteiger partial charge in [0.25, 0.3) is 0 Å². The lowest BCUT2D eigenvalue weighted by atomic mass is 10.1. The van der Waals surface area contributed by atoms with Gasteiger partial charge in [-0.15, -0.1) is 0 Å². The number of rotatable bonds is 1. The largest absolute Gasteiger partial charge is 0.324 e. The normalized spacial score (nSPS) is 13.5. The predicted molar refractivity (Wildman–Crippen MR) is 53.3 cm³/mol. The average Bonchev–Trinajstić information content (AvgIpc) is 2.47. The van der Waals surface area contributed by atoms with Crippen LogP contribution in [0.3, 0.4) is 0 Å². The van der Waals surface area contributed by atoms with E-state index in [0.29, 0.717) is 0 Å². The molecule has 0 amide bonds. The minimum absolute atomic E-state index is 0.0876. The van der Waals surface area contributed by atoms with Gasteiger partial charge in [-0.1, -0.05) is 6.07 Å². The highest BCUT2D eigenvalue weighted by Crippen LogP contribution is 2.18. The van der Waals surface area contributed by atoms with Crippen LogP contribution in [0.25, 0.3) is 10.9 Å². The first kappa shape index (κ1) is 8.26. The quantitative estimate of drug-likeness (QED) is 0.715. The lowest BCUT2D eigenvalue weighted by molar-refractivity contribution is 0.795. The molecule has 68 valence electrons. The smallest absolute Gasteiger partial charge is 0.0679 e. The number of fused-ring (bicyclic) bond motifs is 1. The summed E-state index contributed by atoms with van der Waals surface area (Å²) in [6.07, 6.45) is 1.86. The van der Waals surface area contributed by atoms with Crippen molar-refractivity contribution in [2.75, 3.05) is 0 Å². The molecule has 1 heterocycles. The van der Waals surface area contributed by atoms with E-state index in [1.807, 2.05) is 24.9 Å². The Kier molecular flexibility index (Phi) is 1.81. The predicted octanol–water partition coefficient (Wildman–Crippen LogP) is 1.59. The number of nitrogens with zero attached hydrogens (tertiary/aromatic N) is 2. The van der Waals surface area contributed by atoms with Crippen molar-refractivity contribution < 1.29 is 0 Å². The van der Waals surface area contributed by atoms with E-state index in [4.69, 9.17) is 5.73 Å². The third-order valence-corrected chi connectivity index (χ3v) is 2.30. The van der Waals surface area contributed by atoms with Crippen LogP contribution < -0.4 is 5.73 Å². The molecule has 0 aliphatic rings. The molecule has 0 bridgehead atoms. The van der Waals surface area contributed by atoms with Crippen LogP contribution in [0.2, 0.25) is 0 Å². The van der Waals surface area contributed by atoms with Gasteiger partial charge in [0.1, 0.15) is 0 Å². The van der Waals surface area contributed by atoms with Crippen molar-refractivity contribution >= 4 is 10.9 Å². The molecule has 0 saturated heterocycles. The topological polar surface area (TPSA) is 43.8 Å². The molecule has 0 radical (unpaired) electrons. The molecule has 1 aromatic heterocycles. The van der Waals surface area contributed by atoms with Crippen LogP contribution in [-0.2, 0) is 7.05 Å². The lowest BCUT2D eigenvalue weighted by Gasteiger charge is -2.04. The van der Waals surface area contributed by atoms with Crippen molar-refractivity contribution in [2.45, 2.75) is 13.0 Å². The van der Waals surface area contributed by atoms with E-state index >= 15 is 0 Å². The summed E-state index contributed by atoms with van der Waals surface area (Å²) in [5.74, 6) is 0. The van der Waals surface area contributed by atoms with E-state index in [0.717, 1.165) is 16.5 Å². The molecular formula is C10H13N3. The highest BCUT2D eigenvalue weighted by Gasteiger charge is 2.02. The minimum Gasteiger partial charge on any atom is -0.324 e. The van der Waals surface area contributed by atoms with Gasteiger partial charge in [0.15, 0.2) is 0 Å². The Labute approximate surface area is 77.2 Å². The molecule has 0 fully saturated rings. The van der Waals surface area contributed by atoms with Crippen molar-refractivity contribution in [2.24, 2.45) is 12.8 Å². The number of nitrogens with two attached hydrogens (primary N) is 1. The summed E-state index contributed by atoms with van der Waals surface area (Å²) in [7, 11) is 1.94. The summed E-state index contributed by atoms with van der Waals surface area (Å²) in [4.78, 5) is 0. The molecule has 0 aliphatic heterocycles. The number of hydrogen-bond acceptors (Lipinski definition) is 2. The fourth-order valence-corrected chi connectivity index (χ4v) is 1.47. The van der Waals surface area contributed by atoms with E-state index in [-0.39, 0.29) is 6.04 Å². The van der Waals surface area contributed by atoms with Gasteiger partial charge >= 0.3 is 0 Å². The zero-order valence-electron chi connectivity index (χ0n) is 7.86. The fraction of sp³-hybridized carbons (Fsp3) is 0.300. The molecule has 0 spiro atoms. The summed E-state index contributed by atoms with van der Waals surface area (Å²) in [6, 6.07) is 6.28. The molecule has 3 nitrogen and oxygen atoms in total. The zero-order valence-corrected chi connectivity index (χ0v) is 7.86. The highest BCUT2D eigenvalue weighted by molar-refractivity contribution is 5.79. The van der Waals surface area contributed by atoms with Crippen LogP contribution in [0, 0.1) is 0 Å². The Morgan fingerprint density at radius 1 is 1.46 bits per heavy atom. The molecule has 0 aliphatic carbocycles. The maximum Gasteiger partial charge on any atom is 0.0679 e. The highest BCUT2D eigenvalue weighted by atomic mass is 15.2. The van der Waals surface area contributed by atoms with Gasteiger partial charge in [-0.25, -0.2) is 0 Å². The first-order valence-electron chi connectivity index (χ1n) is 4.36. The zero-order chi connectivity index (χ0) is 9.42. The Hall–Kier alpha value is -1.35. The molecule has 0 unspecified atom stereocenters. The third kappa shape index (κ3) is 1.31. The monoisotopic (exact) mass is 175 g/mol. The number of aryl methyl sites for hydroxylation is 1. The SMILES string of the molecule is C[C@H](N)c1ccc2c(cnn2C)c1. The van der Waals surface area contributed by atoms with Gasteiger partial charge < -0.3 is 5.73 Å². The third-order valence-electron chi connectivity index (χ3n) is 2.30. The second kappa shape index (κ2) is 2.85. The van der Waals surface area contributed by atoms with Gasteiger partial charge in [-0.05, 0) is 24.6 Å². The minimum atomic E-state index is 0.0876. The van der Waals surface area contributed by atoms with Crippen molar-refractivity contribution in [1.29, 1.82) is 0 Å². The first-order valence-corrected chi connectivity index (χ1v) is 4.36. The Bertz CT molecular complexity index is 429. The van der Waals surface area contributed by atoms with Crippen molar-refractivity contribution in [1.82, 2.24) is 9.78 Å². The lowest BCUT2D eigenvalue weighted by Crippen LogP contribution is -2.04. The molecule has 2 aromatic rings. The standard InChI is InChI=1S/C10H13N3/c1-7(11)8-3-4-10-9(5-8)6-12-13(10)2/h3-7H,11H2,1-2H3/t7-/m0/s1. The van der Waals surface area contributed by atoms with Gasteiger partial charge in [-0.2, -0.15) is 5.10 Å². The molecule has 1 aromatic carbocycles. The summed E-state index contributed by atoms with van der Waals surface area (Å²) < 4.78 is 1.86. The van der Waals surface area contributed by atoms with Gasteiger partial charge in [0.2, 0.25) is 0 Å². The van der Waals surface area contributed by atoms with E-state index in [2.05, 4.69) is 23.3 Å². The van der Waals surface area contributed by atoms with Crippen molar-refractivity contribution in [3.05, 3.63) is 30.0 Å². The molecule has 2 N–H and O–H groups in total. The van der Waals surface area contributed by atoms with Crippen molar-refractivity contribution in [3.63, 3.8) is 0 Å². The Morgan fingerprint density at radius 2 is 2.23 bits per heavy atom. The van der Waals surface area contributed by atoms with Crippen LogP contribution in [0.15, 0.2) is 24.4 Å². The van der Waals surface area contributed by atoms with Gasteiger partial charge in [-0.3, -0.25) is 4.68 Å². The Morgan fingerprint density at radius 3 is 2.92 bits per heavy atom. The molecule has 0 saturated carbocycles. The van der Waals surface area contributed by atoms with E-state index in [1.54, 1.807) is 0 Å². The maximum absolute atomic E-state index is 5.78. The first-order chi connectivity index (χ1) is 6.18. The van der Waals surface area contributed by atoms with Crippen LogP contribution in [0.4, 0.5) is 0 Å². The molecular weight excluding hydrogens is 162 g/mol. The van der Waals surface area contributed by atoms with E-state index in [9.17, 15) is 0 Å². The summed E-state index contributed by atoms with van der Waals surface area (Å²) in [5, 5.41) is 5.32. The van der Waals surface area contributed by atoms with Crippen LogP contribution in [-0.4, -0.2) is 9.78 Å². The summed E-state index contributed by atoms with van der Waals surface area (Å²) in [6.45, 7) is 1.98. The second-order valence-corrected chi connectivity index (χ2v) is 3.38. The van der Waals surface area contributed by atoms with Crippen LogP contribution >= 0.6 is 0 Å². The van der Waals surface area contributed by atoms with Crippen molar-refractivity contribution in [3.8, 4) is 0 Å². The molecule has 1 atom stereocenters.